The van der Waals surface area contributed by atoms with Crippen LogP contribution in [-0.4, -0.2) is 59.9 Å². The quantitative estimate of drug-likeness (QED) is 0.900. The Hall–Kier alpha value is -1.71. The first-order chi connectivity index (χ1) is 10.5. The van der Waals surface area contributed by atoms with E-state index >= 15 is 0 Å². The second-order valence-electron chi connectivity index (χ2n) is 5.06. The molecule has 0 spiro atoms. The second-order valence-corrected chi connectivity index (χ2v) is 8.18. The van der Waals surface area contributed by atoms with Crippen molar-refractivity contribution in [3.63, 3.8) is 0 Å². The van der Waals surface area contributed by atoms with Crippen molar-refractivity contribution in [2.45, 2.75) is 11.1 Å². The molecule has 1 fully saturated rings. The second kappa shape index (κ2) is 5.82. The predicted molar refractivity (Wildman–Crippen MR) is 82.3 cm³/mol. The Morgan fingerprint density at radius 3 is 2.59 bits per heavy atom. The van der Waals surface area contributed by atoms with Gasteiger partial charge in [-0.05, 0) is 24.4 Å². The van der Waals surface area contributed by atoms with Crippen molar-refractivity contribution in [1.82, 2.24) is 19.4 Å². The lowest BCUT2D eigenvalue weighted by atomic mass is 10.3. The maximum absolute atomic E-state index is 12.4. The predicted octanol–water partition coefficient (Wildman–Crippen LogP) is 0.926. The van der Waals surface area contributed by atoms with Crippen molar-refractivity contribution in [2.75, 3.05) is 26.2 Å². The first-order valence-electron chi connectivity index (χ1n) is 6.83. The number of hydrogen-bond acceptors (Lipinski definition) is 5. The van der Waals surface area contributed by atoms with Gasteiger partial charge in [0.05, 0.1) is 0 Å². The minimum atomic E-state index is -3.44. The average Bonchev–Trinajstić information content (AvgIpc) is 3.18. The Kier molecular flexibility index (Phi) is 4.02. The fourth-order valence-corrected chi connectivity index (χ4v) is 4.93. The van der Waals surface area contributed by atoms with E-state index in [1.165, 1.54) is 15.6 Å². The summed E-state index contributed by atoms with van der Waals surface area (Å²) >= 11 is 1.21. The molecular formula is C13H16N4O3S2. The van der Waals surface area contributed by atoms with Crippen molar-refractivity contribution in [3.05, 3.63) is 35.0 Å². The van der Waals surface area contributed by atoms with Gasteiger partial charge >= 0.3 is 0 Å². The van der Waals surface area contributed by atoms with E-state index in [1.807, 2.05) is 6.92 Å². The lowest BCUT2D eigenvalue weighted by Crippen LogP contribution is -2.50. The van der Waals surface area contributed by atoms with Crippen LogP contribution in [-0.2, 0) is 10.0 Å². The number of aromatic amines is 1. The van der Waals surface area contributed by atoms with Crippen molar-refractivity contribution < 1.29 is 13.2 Å². The third kappa shape index (κ3) is 2.79. The number of thiophene rings is 1. The molecule has 1 saturated heterocycles. The van der Waals surface area contributed by atoms with Crippen molar-refractivity contribution in [3.8, 4) is 0 Å². The van der Waals surface area contributed by atoms with Crippen molar-refractivity contribution in [1.29, 1.82) is 0 Å². The van der Waals surface area contributed by atoms with E-state index in [2.05, 4.69) is 10.2 Å². The van der Waals surface area contributed by atoms with Crippen LogP contribution in [0, 0.1) is 6.92 Å². The molecule has 0 radical (unpaired) electrons. The number of rotatable bonds is 3. The van der Waals surface area contributed by atoms with Gasteiger partial charge < -0.3 is 4.90 Å². The SMILES string of the molecule is Cc1cc(C(=O)N2CCN(S(=O)(=O)c3cccs3)CC2)n[nH]1. The summed E-state index contributed by atoms with van der Waals surface area (Å²) in [7, 11) is -3.44. The maximum atomic E-state index is 12.4. The summed E-state index contributed by atoms with van der Waals surface area (Å²) < 4.78 is 26.6. The molecule has 22 heavy (non-hydrogen) atoms. The van der Waals surface area contributed by atoms with Crippen LogP contribution < -0.4 is 0 Å². The molecule has 1 N–H and O–H groups in total. The van der Waals surface area contributed by atoms with Gasteiger partial charge in [0.2, 0.25) is 0 Å². The maximum Gasteiger partial charge on any atom is 0.274 e. The summed E-state index contributed by atoms with van der Waals surface area (Å²) in [6, 6.07) is 5.01. The normalized spacial score (nSPS) is 16.9. The zero-order valence-corrected chi connectivity index (χ0v) is 13.7. The highest BCUT2D eigenvalue weighted by Crippen LogP contribution is 2.22. The summed E-state index contributed by atoms with van der Waals surface area (Å²) in [6.07, 6.45) is 0. The van der Waals surface area contributed by atoms with Gasteiger partial charge in [0.15, 0.2) is 0 Å². The molecule has 1 aliphatic rings. The summed E-state index contributed by atoms with van der Waals surface area (Å²) in [6.45, 7) is 3.17. The molecule has 2 aromatic heterocycles. The molecule has 118 valence electrons. The largest absolute Gasteiger partial charge is 0.335 e. The van der Waals surface area contributed by atoms with Gasteiger partial charge in [0, 0.05) is 31.9 Å². The van der Waals surface area contributed by atoms with E-state index in [1.54, 1.807) is 28.5 Å². The molecule has 9 heteroatoms. The number of sulfonamides is 1. The molecule has 0 aromatic carbocycles. The Morgan fingerprint density at radius 1 is 1.32 bits per heavy atom. The first-order valence-corrected chi connectivity index (χ1v) is 9.15. The van der Waals surface area contributed by atoms with Gasteiger partial charge in [0.1, 0.15) is 9.90 Å². The fourth-order valence-electron chi connectivity index (χ4n) is 2.36. The number of aryl methyl sites for hydroxylation is 1. The van der Waals surface area contributed by atoms with Crippen LogP contribution in [0.4, 0.5) is 0 Å². The van der Waals surface area contributed by atoms with E-state index in [0.717, 1.165) is 5.69 Å². The Balaban J connectivity index is 1.67. The molecule has 0 aliphatic carbocycles. The van der Waals surface area contributed by atoms with Gasteiger partial charge in [-0.1, -0.05) is 6.07 Å². The number of H-pyrrole nitrogens is 1. The number of aromatic nitrogens is 2. The summed E-state index contributed by atoms with van der Waals surface area (Å²) in [5.74, 6) is -0.169. The average molecular weight is 340 g/mol. The molecule has 0 atom stereocenters. The lowest BCUT2D eigenvalue weighted by molar-refractivity contribution is 0.0692. The number of carbonyl (C=O) groups is 1. The van der Waals surface area contributed by atoms with E-state index in [0.29, 0.717) is 36.1 Å². The van der Waals surface area contributed by atoms with Gasteiger partial charge in [-0.2, -0.15) is 9.40 Å². The van der Waals surface area contributed by atoms with Crippen LogP contribution in [0.15, 0.2) is 27.8 Å². The van der Waals surface area contributed by atoms with Gasteiger partial charge in [0.25, 0.3) is 15.9 Å². The number of nitrogens with one attached hydrogen (secondary N) is 1. The zero-order valence-electron chi connectivity index (χ0n) is 12.0. The van der Waals surface area contributed by atoms with Crippen molar-refractivity contribution in [2.24, 2.45) is 0 Å². The summed E-state index contributed by atoms with van der Waals surface area (Å²) in [4.78, 5) is 13.9. The van der Waals surface area contributed by atoms with Crippen LogP contribution in [0.5, 0.6) is 0 Å². The van der Waals surface area contributed by atoms with Gasteiger partial charge in [-0.15, -0.1) is 11.3 Å². The molecule has 7 nitrogen and oxygen atoms in total. The van der Waals surface area contributed by atoms with Crippen LogP contribution in [0.2, 0.25) is 0 Å². The van der Waals surface area contributed by atoms with Crippen LogP contribution in [0.1, 0.15) is 16.2 Å². The molecule has 1 aliphatic heterocycles. The highest BCUT2D eigenvalue weighted by Gasteiger charge is 2.31. The molecule has 0 bridgehead atoms. The third-order valence-corrected chi connectivity index (χ3v) is 6.81. The minimum Gasteiger partial charge on any atom is -0.335 e. The number of hydrogen-bond donors (Lipinski definition) is 1. The lowest BCUT2D eigenvalue weighted by Gasteiger charge is -2.33. The smallest absolute Gasteiger partial charge is 0.274 e. The summed E-state index contributed by atoms with van der Waals surface area (Å²) in [5.41, 5.74) is 1.19. The van der Waals surface area contributed by atoms with E-state index < -0.39 is 10.0 Å². The zero-order chi connectivity index (χ0) is 15.7. The van der Waals surface area contributed by atoms with Gasteiger partial charge in [-0.25, -0.2) is 8.42 Å². The number of amides is 1. The van der Waals surface area contributed by atoms with Crippen molar-refractivity contribution >= 4 is 27.3 Å². The molecule has 3 rings (SSSR count). The summed E-state index contributed by atoms with van der Waals surface area (Å²) in [5, 5.41) is 8.43. The fraction of sp³-hybridized carbons (Fsp3) is 0.385. The topological polar surface area (TPSA) is 86.4 Å². The Labute approximate surface area is 132 Å². The molecule has 0 saturated carbocycles. The van der Waals surface area contributed by atoms with E-state index in [9.17, 15) is 13.2 Å². The monoisotopic (exact) mass is 340 g/mol. The standard InChI is InChI=1S/C13H16N4O3S2/c1-10-9-11(15-14-10)13(18)16-4-6-17(7-5-16)22(19,20)12-3-2-8-21-12/h2-3,8-9H,4-7H2,1H3,(H,14,15). The van der Waals surface area contributed by atoms with Crippen LogP contribution in [0.25, 0.3) is 0 Å². The minimum absolute atomic E-state index is 0.169. The van der Waals surface area contributed by atoms with Crippen LogP contribution in [0.3, 0.4) is 0 Å². The Morgan fingerprint density at radius 2 is 2.05 bits per heavy atom. The molecule has 1 amide bonds. The van der Waals surface area contributed by atoms with Crippen LogP contribution >= 0.6 is 11.3 Å². The highest BCUT2D eigenvalue weighted by molar-refractivity contribution is 7.91. The molecule has 0 unspecified atom stereocenters. The molecular weight excluding hydrogens is 324 g/mol. The first kappa shape index (κ1) is 15.2. The Bertz CT molecular complexity index is 759. The van der Waals surface area contributed by atoms with Gasteiger partial charge in [-0.3, -0.25) is 9.89 Å². The number of nitrogens with zero attached hydrogens (tertiary/aromatic N) is 3. The van der Waals surface area contributed by atoms with E-state index in [-0.39, 0.29) is 5.91 Å². The number of carbonyl (C=O) groups excluding carboxylic acids is 1. The highest BCUT2D eigenvalue weighted by atomic mass is 32.2. The third-order valence-electron chi connectivity index (χ3n) is 3.54. The molecule has 3 heterocycles. The van der Waals surface area contributed by atoms with E-state index in [4.69, 9.17) is 0 Å². The number of piperazine rings is 1. The molecule has 2 aromatic rings.